The zero-order valence-electron chi connectivity index (χ0n) is 11.9. The third-order valence-corrected chi connectivity index (χ3v) is 3.50. The van der Waals surface area contributed by atoms with E-state index in [-0.39, 0.29) is 18.0 Å². The monoisotopic (exact) mass is 285 g/mol. The van der Waals surface area contributed by atoms with Gasteiger partial charge in [0.2, 0.25) is 0 Å². The van der Waals surface area contributed by atoms with E-state index in [1.54, 1.807) is 23.8 Å². The first-order valence-electron chi connectivity index (χ1n) is 6.66. The van der Waals surface area contributed by atoms with Crippen LogP contribution in [0.3, 0.4) is 0 Å². The Labute approximate surface area is 122 Å². The Morgan fingerprint density at radius 1 is 1.33 bits per heavy atom. The van der Waals surface area contributed by atoms with E-state index in [0.717, 1.165) is 16.8 Å². The van der Waals surface area contributed by atoms with Gasteiger partial charge in [0.1, 0.15) is 5.75 Å². The second-order valence-corrected chi connectivity index (χ2v) is 4.86. The van der Waals surface area contributed by atoms with Gasteiger partial charge in [0.05, 0.1) is 18.5 Å². The molecule has 0 radical (unpaired) electrons. The van der Waals surface area contributed by atoms with Crippen molar-refractivity contribution in [3.05, 3.63) is 53.6 Å². The van der Waals surface area contributed by atoms with E-state index in [2.05, 4.69) is 4.98 Å². The first-order chi connectivity index (χ1) is 10.2. The largest absolute Gasteiger partial charge is 0.496 e. The smallest absolute Gasteiger partial charge is 0.174 e. The molecule has 0 spiro atoms. The highest BCUT2D eigenvalue weighted by Crippen LogP contribution is 2.33. The van der Waals surface area contributed by atoms with Crippen LogP contribution in [0.2, 0.25) is 0 Å². The molecule has 0 saturated carbocycles. The summed E-state index contributed by atoms with van der Waals surface area (Å²) < 4.78 is 21.0. The van der Waals surface area contributed by atoms with Gasteiger partial charge >= 0.3 is 0 Å². The summed E-state index contributed by atoms with van der Waals surface area (Å²) in [6.07, 6.45) is 1.76. The van der Waals surface area contributed by atoms with Crippen molar-refractivity contribution in [3.8, 4) is 17.0 Å². The fraction of sp³-hybridized carbons (Fsp3) is 0.188. The molecule has 2 heterocycles. The summed E-state index contributed by atoms with van der Waals surface area (Å²) >= 11 is 0. The van der Waals surface area contributed by atoms with Gasteiger partial charge in [-0.15, -0.1) is 0 Å². The molecule has 3 aromatic rings. The quantitative estimate of drug-likeness (QED) is 0.805. The van der Waals surface area contributed by atoms with Gasteiger partial charge in [-0.2, -0.15) is 0 Å². The standard InChI is InChI=1S/C16H16FN3O/c1-10-5-6-14(21-2)11(8-10)15-13(9-18)20-7-3-4-12(17)16(20)19-15/h3-8H,9,18H2,1-2H3. The molecular formula is C16H16FN3O. The van der Waals surface area contributed by atoms with Crippen LogP contribution in [0.4, 0.5) is 4.39 Å². The fourth-order valence-corrected chi connectivity index (χ4v) is 2.50. The molecule has 1 aromatic carbocycles. The van der Waals surface area contributed by atoms with Crippen molar-refractivity contribution in [1.82, 2.24) is 9.38 Å². The second-order valence-electron chi connectivity index (χ2n) is 4.86. The maximum absolute atomic E-state index is 13.9. The van der Waals surface area contributed by atoms with Crippen LogP contribution in [0, 0.1) is 12.7 Å². The zero-order chi connectivity index (χ0) is 15.0. The molecule has 108 valence electrons. The van der Waals surface area contributed by atoms with Crippen LogP contribution < -0.4 is 10.5 Å². The van der Waals surface area contributed by atoms with E-state index in [4.69, 9.17) is 10.5 Å². The van der Waals surface area contributed by atoms with Gasteiger partial charge in [0.25, 0.3) is 0 Å². The van der Waals surface area contributed by atoms with E-state index in [1.165, 1.54) is 6.07 Å². The maximum Gasteiger partial charge on any atom is 0.174 e. The Balaban J connectivity index is 2.35. The molecule has 0 atom stereocenters. The average Bonchev–Trinajstić information content (AvgIpc) is 2.87. The molecule has 4 nitrogen and oxygen atoms in total. The predicted molar refractivity (Wildman–Crippen MR) is 79.8 cm³/mol. The second kappa shape index (κ2) is 5.18. The lowest BCUT2D eigenvalue weighted by atomic mass is 10.1. The molecule has 0 aliphatic rings. The minimum Gasteiger partial charge on any atom is -0.496 e. The minimum absolute atomic E-state index is 0.261. The first-order valence-corrected chi connectivity index (χ1v) is 6.66. The minimum atomic E-state index is -0.370. The third-order valence-electron chi connectivity index (χ3n) is 3.50. The van der Waals surface area contributed by atoms with E-state index < -0.39 is 0 Å². The summed E-state index contributed by atoms with van der Waals surface area (Å²) in [5, 5.41) is 0. The number of rotatable bonds is 3. The number of hydrogen-bond donors (Lipinski definition) is 1. The van der Waals surface area contributed by atoms with Gasteiger partial charge < -0.3 is 10.5 Å². The molecule has 0 unspecified atom stereocenters. The Bertz CT molecular complexity index is 811. The average molecular weight is 285 g/mol. The number of nitrogens with zero attached hydrogens (tertiary/aromatic N) is 2. The molecule has 0 aliphatic heterocycles. The maximum atomic E-state index is 13.9. The Kier molecular flexibility index (Phi) is 3.35. The Hall–Kier alpha value is -2.40. The van der Waals surface area contributed by atoms with Crippen molar-refractivity contribution in [2.45, 2.75) is 13.5 Å². The van der Waals surface area contributed by atoms with E-state index in [1.807, 2.05) is 25.1 Å². The van der Waals surface area contributed by atoms with Crippen molar-refractivity contribution >= 4 is 5.65 Å². The van der Waals surface area contributed by atoms with Crippen LogP contribution in [-0.4, -0.2) is 16.5 Å². The lowest BCUT2D eigenvalue weighted by Crippen LogP contribution is -2.03. The summed E-state index contributed by atoms with van der Waals surface area (Å²) in [5.74, 6) is 0.323. The van der Waals surface area contributed by atoms with Gasteiger partial charge in [-0.05, 0) is 31.2 Å². The van der Waals surface area contributed by atoms with Crippen LogP contribution in [-0.2, 0) is 6.54 Å². The first kappa shape index (κ1) is 13.6. The number of nitrogens with two attached hydrogens (primary N) is 1. The van der Waals surface area contributed by atoms with E-state index in [0.29, 0.717) is 11.4 Å². The van der Waals surface area contributed by atoms with Gasteiger partial charge in [-0.25, -0.2) is 9.37 Å². The summed E-state index contributed by atoms with van der Waals surface area (Å²) in [7, 11) is 1.60. The number of fused-ring (bicyclic) bond motifs is 1. The molecule has 0 bridgehead atoms. The van der Waals surface area contributed by atoms with Crippen LogP contribution in [0.15, 0.2) is 36.5 Å². The lowest BCUT2D eigenvalue weighted by molar-refractivity contribution is 0.416. The Morgan fingerprint density at radius 3 is 2.86 bits per heavy atom. The van der Waals surface area contributed by atoms with Gasteiger partial charge in [-0.3, -0.25) is 4.40 Å². The lowest BCUT2D eigenvalue weighted by Gasteiger charge is -2.09. The van der Waals surface area contributed by atoms with Gasteiger partial charge in [-0.1, -0.05) is 11.6 Å². The van der Waals surface area contributed by atoms with Gasteiger partial charge in [0, 0.05) is 18.3 Å². The number of hydrogen-bond acceptors (Lipinski definition) is 3. The molecule has 3 rings (SSSR count). The molecule has 0 amide bonds. The van der Waals surface area contributed by atoms with E-state index in [9.17, 15) is 4.39 Å². The fourth-order valence-electron chi connectivity index (χ4n) is 2.50. The predicted octanol–water partition coefficient (Wildman–Crippen LogP) is 2.92. The molecular weight excluding hydrogens is 269 g/mol. The molecule has 21 heavy (non-hydrogen) atoms. The number of benzene rings is 1. The zero-order valence-corrected chi connectivity index (χ0v) is 11.9. The molecule has 5 heteroatoms. The summed E-state index contributed by atoms with van der Waals surface area (Å²) in [6.45, 7) is 2.25. The SMILES string of the molecule is COc1ccc(C)cc1-c1nc2c(F)cccn2c1CN. The van der Waals surface area contributed by atoms with Crippen molar-refractivity contribution in [2.24, 2.45) is 5.73 Å². The van der Waals surface area contributed by atoms with Crippen molar-refractivity contribution in [3.63, 3.8) is 0 Å². The normalized spacial score (nSPS) is 11.0. The highest BCUT2D eigenvalue weighted by atomic mass is 19.1. The number of pyridine rings is 1. The summed E-state index contributed by atoms with van der Waals surface area (Å²) in [5.41, 5.74) is 9.44. The molecule has 2 aromatic heterocycles. The van der Waals surface area contributed by atoms with Crippen molar-refractivity contribution < 1.29 is 9.13 Å². The number of halogens is 1. The molecule has 0 saturated heterocycles. The number of methoxy groups -OCH3 is 1. The summed E-state index contributed by atoms with van der Waals surface area (Å²) in [4.78, 5) is 4.43. The number of imidazole rings is 1. The number of ether oxygens (including phenoxy) is 1. The third kappa shape index (κ3) is 2.15. The Morgan fingerprint density at radius 2 is 2.14 bits per heavy atom. The highest BCUT2D eigenvalue weighted by Gasteiger charge is 2.18. The van der Waals surface area contributed by atoms with E-state index >= 15 is 0 Å². The topological polar surface area (TPSA) is 52.5 Å². The highest BCUT2D eigenvalue weighted by molar-refractivity contribution is 5.73. The molecule has 2 N–H and O–H groups in total. The molecule has 0 fully saturated rings. The number of aromatic nitrogens is 2. The van der Waals surface area contributed by atoms with Crippen LogP contribution in [0.1, 0.15) is 11.3 Å². The van der Waals surface area contributed by atoms with Crippen LogP contribution in [0.25, 0.3) is 16.9 Å². The van der Waals surface area contributed by atoms with Crippen molar-refractivity contribution in [1.29, 1.82) is 0 Å². The van der Waals surface area contributed by atoms with Crippen LogP contribution in [0.5, 0.6) is 5.75 Å². The number of aryl methyl sites for hydroxylation is 1. The van der Waals surface area contributed by atoms with Crippen molar-refractivity contribution in [2.75, 3.05) is 7.11 Å². The summed E-state index contributed by atoms with van der Waals surface area (Å²) in [6, 6.07) is 8.84. The molecule has 0 aliphatic carbocycles. The van der Waals surface area contributed by atoms with Crippen LogP contribution >= 0.6 is 0 Å². The van der Waals surface area contributed by atoms with Gasteiger partial charge in [0.15, 0.2) is 11.5 Å².